The summed E-state index contributed by atoms with van der Waals surface area (Å²) in [5.41, 5.74) is 16.0. The number of benzene rings is 5. The first-order chi connectivity index (χ1) is 24.3. The third kappa shape index (κ3) is 5.61. The number of thiophene rings is 1. The average Bonchev–Trinajstić information content (AvgIpc) is 3.45. The maximum Gasteiger partial charge on any atom is 0.254 e. The number of hydrogen-bond acceptors (Lipinski definition) is 3. The molecule has 4 heteroatoms. The quantitative estimate of drug-likeness (QED) is 0.166. The van der Waals surface area contributed by atoms with E-state index < -0.39 is 0 Å². The maximum absolute atomic E-state index is 2.58. The summed E-state index contributed by atoms with van der Waals surface area (Å²) in [6, 6.07) is 40.0. The molecule has 1 aromatic heterocycles. The highest BCUT2D eigenvalue weighted by atomic mass is 32.1. The Hall–Kier alpha value is -4.28. The SMILES string of the molecule is CC(C)(C)c1ccc(N2c3ccc(C(C)(C)C)cc3B3c4c2cc(C(C)(C)C)cc4N(c2ccccc2)c2sc4ccc(C(C)(C)C)cc4c23)cc1. The van der Waals surface area contributed by atoms with Gasteiger partial charge >= 0.3 is 0 Å². The highest BCUT2D eigenvalue weighted by Gasteiger charge is 2.46. The van der Waals surface area contributed by atoms with Crippen molar-refractivity contribution >= 4 is 78.0 Å². The van der Waals surface area contributed by atoms with Crippen molar-refractivity contribution in [2.45, 2.75) is 105 Å². The van der Waals surface area contributed by atoms with E-state index in [2.05, 4.69) is 196 Å². The van der Waals surface area contributed by atoms with Crippen LogP contribution in [0.4, 0.5) is 33.4 Å². The van der Waals surface area contributed by atoms with Crippen molar-refractivity contribution in [2.75, 3.05) is 9.80 Å². The lowest BCUT2D eigenvalue weighted by Gasteiger charge is -2.44. The standard InChI is InChI=1S/C48H53BN2S/c1-45(2,3)30-18-22-35(23-19-30)50-38-24-20-32(47(7,8)9)27-37(38)49-42-36-26-31(46(4,5)6)21-25-41(36)52-44(42)51(34-16-14-13-15-17-34)40-29-33(48(10,11)12)28-39(50)43(40)49/h13-29H,1-12H3. The molecule has 2 aliphatic heterocycles. The van der Waals surface area contributed by atoms with E-state index >= 15 is 0 Å². The van der Waals surface area contributed by atoms with E-state index in [1.54, 1.807) is 0 Å². The van der Waals surface area contributed by atoms with Crippen LogP contribution in [0.25, 0.3) is 10.1 Å². The number of hydrogen-bond donors (Lipinski definition) is 0. The van der Waals surface area contributed by atoms with Crippen LogP contribution in [0.1, 0.15) is 105 Å². The molecule has 0 saturated carbocycles. The van der Waals surface area contributed by atoms with Crippen molar-refractivity contribution in [1.29, 1.82) is 0 Å². The van der Waals surface area contributed by atoms with Crippen LogP contribution in [0.3, 0.4) is 0 Å². The van der Waals surface area contributed by atoms with Gasteiger partial charge < -0.3 is 9.80 Å². The van der Waals surface area contributed by atoms with E-state index in [9.17, 15) is 0 Å². The van der Waals surface area contributed by atoms with Crippen LogP contribution in [-0.4, -0.2) is 6.71 Å². The molecule has 0 bridgehead atoms. The van der Waals surface area contributed by atoms with Gasteiger partial charge in [0.25, 0.3) is 6.71 Å². The van der Waals surface area contributed by atoms with Crippen molar-refractivity contribution in [1.82, 2.24) is 0 Å². The van der Waals surface area contributed by atoms with Crippen LogP contribution < -0.4 is 26.2 Å². The van der Waals surface area contributed by atoms with Crippen molar-refractivity contribution in [3.8, 4) is 0 Å². The molecule has 0 radical (unpaired) electrons. The second-order valence-corrected chi connectivity index (χ2v) is 20.3. The molecule has 0 spiro atoms. The minimum Gasteiger partial charge on any atom is -0.311 e. The van der Waals surface area contributed by atoms with Gasteiger partial charge in [0.05, 0.1) is 5.00 Å². The molecule has 264 valence electrons. The third-order valence-electron chi connectivity index (χ3n) is 11.3. The summed E-state index contributed by atoms with van der Waals surface area (Å²) < 4.78 is 1.35. The Kier molecular flexibility index (Phi) is 7.77. The summed E-state index contributed by atoms with van der Waals surface area (Å²) >= 11 is 1.95. The largest absolute Gasteiger partial charge is 0.311 e. The Morgan fingerprint density at radius 1 is 0.442 bits per heavy atom. The number of anilines is 6. The number of para-hydroxylation sites is 1. The fourth-order valence-electron chi connectivity index (χ4n) is 8.11. The molecule has 0 aliphatic carbocycles. The van der Waals surface area contributed by atoms with E-state index in [-0.39, 0.29) is 28.4 Å². The Morgan fingerprint density at radius 3 is 1.56 bits per heavy atom. The van der Waals surface area contributed by atoms with Gasteiger partial charge in [-0.3, -0.25) is 0 Å². The summed E-state index contributed by atoms with van der Waals surface area (Å²) in [6.07, 6.45) is 0. The lowest BCUT2D eigenvalue weighted by Crippen LogP contribution is -2.61. The Morgan fingerprint density at radius 2 is 0.962 bits per heavy atom. The summed E-state index contributed by atoms with van der Waals surface area (Å²) in [5.74, 6) is 0. The highest BCUT2D eigenvalue weighted by Crippen LogP contribution is 2.49. The molecule has 5 aromatic carbocycles. The number of fused-ring (bicyclic) bond motifs is 6. The molecular weight excluding hydrogens is 647 g/mol. The van der Waals surface area contributed by atoms with Gasteiger partial charge in [0, 0.05) is 33.1 Å². The van der Waals surface area contributed by atoms with Gasteiger partial charge in [-0.2, -0.15) is 0 Å². The molecule has 2 aliphatic rings. The van der Waals surface area contributed by atoms with Crippen LogP contribution in [0.15, 0.2) is 103 Å². The van der Waals surface area contributed by atoms with Crippen LogP contribution in [-0.2, 0) is 21.7 Å². The van der Waals surface area contributed by atoms with Crippen LogP contribution in [0, 0.1) is 0 Å². The Bertz CT molecular complexity index is 2340. The molecule has 0 saturated heterocycles. The summed E-state index contributed by atoms with van der Waals surface area (Å²) in [5, 5.41) is 2.71. The van der Waals surface area contributed by atoms with E-state index in [1.165, 1.54) is 82.2 Å². The van der Waals surface area contributed by atoms with Gasteiger partial charge in [-0.25, -0.2) is 0 Å². The summed E-state index contributed by atoms with van der Waals surface area (Å²) in [7, 11) is 0. The molecule has 52 heavy (non-hydrogen) atoms. The molecule has 0 N–H and O–H groups in total. The van der Waals surface area contributed by atoms with Gasteiger partial charge in [0.15, 0.2) is 0 Å². The van der Waals surface area contributed by atoms with Crippen molar-refractivity contribution in [2.24, 2.45) is 0 Å². The second-order valence-electron chi connectivity index (χ2n) is 19.2. The Labute approximate surface area is 316 Å². The first-order valence-electron chi connectivity index (χ1n) is 19.0. The monoisotopic (exact) mass is 700 g/mol. The number of nitrogens with zero attached hydrogens (tertiary/aromatic N) is 2. The molecule has 2 nitrogen and oxygen atoms in total. The molecular formula is C48H53BN2S. The van der Waals surface area contributed by atoms with Crippen molar-refractivity contribution < 1.29 is 0 Å². The minimum atomic E-state index is -0.0520. The highest BCUT2D eigenvalue weighted by molar-refractivity contribution is 7.26. The summed E-state index contributed by atoms with van der Waals surface area (Å²) in [6.45, 7) is 28.0. The molecule has 0 amide bonds. The maximum atomic E-state index is 2.58. The van der Waals surface area contributed by atoms with Gasteiger partial charge in [-0.1, -0.05) is 138 Å². The fraction of sp³-hybridized carbons (Fsp3) is 0.333. The van der Waals surface area contributed by atoms with Gasteiger partial charge in [0.1, 0.15) is 0 Å². The normalized spacial score (nSPS) is 14.4. The van der Waals surface area contributed by atoms with Crippen molar-refractivity contribution in [3.63, 3.8) is 0 Å². The second kappa shape index (κ2) is 11.6. The molecule has 8 rings (SSSR count). The minimum absolute atomic E-state index is 0.0110. The zero-order chi connectivity index (χ0) is 37.1. The topological polar surface area (TPSA) is 6.48 Å². The zero-order valence-electron chi connectivity index (χ0n) is 33.2. The van der Waals surface area contributed by atoms with E-state index in [0.29, 0.717) is 0 Å². The van der Waals surface area contributed by atoms with Crippen LogP contribution in [0.2, 0.25) is 0 Å². The average molecular weight is 701 g/mol. The predicted molar refractivity (Wildman–Crippen MR) is 231 cm³/mol. The van der Waals surface area contributed by atoms with Gasteiger partial charge in [-0.15, -0.1) is 11.3 Å². The van der Waals surface area contributed by atoms with E-state index in [1.807, 2.05) is 11.3 Å². The Balaban J connectivity index is 1.53. The lowest BCUT2D eigenvalue weighted by atomic mass is 9.33. The van der Waals surface area contributed by atoms with E-state index in [4.69, 9.17) is 0 Å². The molecule has 0 atom stereocenters. The predicted octanol–water partition coefficient (Wildman–Crippen LogP) is 12.2. The first kappa shape index (κ1) is 34.8. The zero-order valence-corrected chi connectivity index (χ0v) is 34.0. The van der Waals surface area contributed by atoms with Gasteiger partial charge in [-0.05, 0) is 114 Å². The third-order valence-corrected chi connectivity index (χ3v) is 12.5. The van der Waals surface area contributed by atoms with E-state index in [0.717, 1.165) is 0 Å². The molecule has 0 fully saturated rings. The lowest BCUT2D eigenvalue weighted by molar-refractivity contribution is 0.589. The first-order valence-corrected chi connectivity index (χ1v) is 19.8. The molecule has 0 unspecified atom stereocenters. The smallest absolute Gasteiger partial charge is 0.254 e. The molecule has 6 aromatic rings. The molecule has 3 heterocycles. The van der Waals surface area contributed by atoms with Crippen molar-refractivity contribution in [3.05, 3.63) is 125 Å². The van der Waals surface area contributed by atoms with Crippen LogP contribution >= 0.6 is 11.3 Å². The van der Waals surface area contributed by atoms with Gasteiger partial charge in [0.2, 0.25) is 0 Å². The fourth-order valence-corrected chi connectivity index (χ4v) is 9.37. The van der Waals surface area contributed by atoms with Crippen LogP contribution in [0.5, 0.6) is 0 Å². The number of rotatable bonds is 2. The summed E-state index contributed by atoms with van der Waals surface area (Å²) in [4.78, 5) is 5.16.